The van der Waals surface area contributed by atoms with Gasteiger partial charge in [0.15, 0.2) is 11.0 Å². The maximum absolute atomic E-state index is 12.5. The van der Waals surface area contributed by atoms with Gasteiger partial charge in [-0.3, -0.25) is 9.69 Å². The highest BCUT2D eigenvalue weighted by atomic mass is 35.5. The van der Waals surface area contributed by atoms with Crippen molar-refractivity contribution >= 4 is 29.4 Å². The first-order valence-corrected chi connectivity index (χ1v) is 8.29. The Morgan fingerprint density at radius 3 is 2.67 bits per heavy atom. The van der Waals surface area contributed by atoms with Gasteiger partial charge in [-0.25, -0.2) is 14.8 Å². The van der Waals surface area contributed by atoms with Crippen LogP contribution in [0.15, 0.2) is 12.4 Å². The number of nitrogens with zero attached hydrogens (tertiary/aromatic N) is 4. The summed E-state index contributed by atoms with van der Waals surface area (Å²) in [6.07, 6.45) is 4.39. The molecule has 1 aliphatic rings. The topological polar surface area (TPSA) is 75.6 Å². The minimum absolute atomic E-state index is 0.169. The summed E-state index contributed by atoms with van der Waals surface area (Å²) in [5.74, 6) is 0.142. The standard InChI is InChI=1S/C16H23ClN4O3/c1-16(2,3)24-15(23)21-9-5-6-11(21)10-12(22)20(4)14-13(17)18-7-8-19-14/h7-8,11H,5-6,9-10H2,1-4H3/t11-/m0/s1. The van der Waals surface area contributed by atoms with E-state index in [1.165, 1.54) is 17.3 Å². The second kappa shape index (κ2) is 7.34. The Hall–Kier alpha value is -1.89. The van der Waals surface area contributed by atoms with Crippen molar-refractivity contribution in [1.29, 1.82) is 0 Å². The molecule has 0 unspecified atom stereocenters. The van der Waals surface area contributed by atoms with E-state index in [1.54, 1.807) is 11.9 Å². The first-order valence-electron chi connectivity index (χ1n) is 7.91. The number of ether oxygens (including phenoxy) is 1. The van der Waals surface area contributed by atoms with E-state index in [9.17, 15) is 9.59 Å². The van der Waals surface area contributed by atoms with E-state index >= 15 is 0 Å². The van der Waals surface area contributed by atoms with Crippen LogP contribution in [0.4, 0.5) is 10.6 Å². The van der Waals surface area contributed by atoms with Gasteiger partial charge in [0.2, 0.25) is 5.91 Å². The summed E-state index contributed by atoms with van der Waals surface area (Å²) in [5, 5.41) is 0.170. The number of anilines is 1. The number of carbonyl (C=O) groups excluding carboxylic acids is 2. The Bertz CT molecular complexity index is 618. The number of rotatable bonds is 3. The first-order chi connectivity index (χ1) is 11.2. The third-order valence-electron chi connectivity index (χ3n) is 3.74. The summed E-state index contributed by atoms with van der Waals surface area (Å²) in [5.41, 5.74) is -0.557. The molecule has 1 saturated heterocycles. The molecule has 2 heterocycles. The molecule has 0 spiro atoms. The zero-order valence-corrected chi connectivity index (χ0v) is 15.2. The van der Waals surface area contributed by atoms with Crippen LogP contribution in [0.1, 0.15) is 40.0 Å². The van der Waals surface area contributed by atoms with Crippen LogP contribution >= 0.6 is 11.6 Å². The molecule has 8 heteroatoms. The SMILES string of the molecule is CN(C(=O)C[C@@H]1CCCN1C(=O)OC(C)(C)C)c1nccnc1Cl. The highest BCUT2D eigenvalue weighted by molar-refractivity contribution is 6.32. The third kappa shape index (κ3) is 4.56. The molecular formula is C16H23ClN4O3. The van der Waals surface area contributed by atoms with E-state index in [2.05, 4.69) is 9.97 Å². The van der Waals surface area contributed by atoms with E-state index in [0.29, 0.717) is 12.4 Å². The van der Waals surface area contributed by atoms with Crippen LogP contribution in [-0.4, -0.2) is 52.1 Å². The molecule has 0 aliphatic carbocycles. The van der Waals surface area contributed by atoms with Crippen molar-refractivity contribution < 1.29 is 14.3 Å². The van der Waals surface area contributed by atoms with Gasteiger partial charge in [0.05, 0.1) is 0 Å². The van der Waals surface area contributed by atoms with E-state index in [-0.39, 0.29) is 29.6 Å². The molecule has 1 atom stereocenters. The number of halogens is 1. The Morgan fingerprint density at radius 1 is 1.38 bits per heavy atom. The first kappa shape index (κ1) is 18.4. The maximum Gasteiger partial charge on any atom is 0.410 e. The zero-order chi connectivity index (χ0) is 17.9. The number of hydrogen-bond donors (Lipinski definition) is 0. The Kier molecular flexibility index (Phi) is 5.64. The van der Waals surface area contributed by atoms with Crippen LogP contribution in [0.5, 0.6) is 0 Å². The summed E-state index contributed by atoms with van der Waals surface area (Å²) in [6.45, 7) is 6.07. The van der Waals surface area contributed by atoms with Crippen LogP contribution in [0.2, 0.25) is 5.15 Å². The van der Waals surface area contributed by atoms with Crippen molar-refractivity contribution in [3.63, 3.8) is 0 Å². The molecule has 0 radical (unpaired) electrons. The number of amides is 2. The van der Waals surface area contributed by atoms with E-state index < -0.39 is 5.60 Å². The lowest BCUT2D eigenvalue weighted by Gasteiger charge is -2.29. The van der Waals surface area contributed by atoms with Crippen LogP contribution < -0.4 is 4.90 Å². The zero-order valence-electron chi connectivity index (χ0n) is 14.5. The number of aromatic nitrogens is 2. The fourth-order valence-corrected chi connectivity index (χ4v) is 2.84. The summed E-state index contributed by atoms with van der Waals surface area (Å²) in [4.78, 5) is 35.8. The largest absolute Gasteiger partial charge is 0.444 e. The lowest BCUT2D eigenvalue weighted by molar-refractivity contribution is -0.119. The lowest BCUT2D eigenvalue weighted by Crippen LogP contribution is -2.42. The average Bonchev–Trinajstić information content (AvgIpc) is 2.93. The third-order valence-corrected chi connectivity index (χ3v) is 4.01. The molecule has 0 saturated carbocycles. The second-order valence-electron chi connectivity index (χ2n) is 6.80. The van der Waals surface area contributed by atoms with Crippen LogP contribution in [-0.2, 0) is 9.53 Å². The molecular weight excluding hydrogens is 332 g/mol. The molecule has 7 nitrogen and oxygen atoms in total. The van der Waals surface area contributed by atoms with Crippen LogP contribution in [0, 0.1) is 0 Å². The summed E-state index contributed by atoms with van der Waals surface area (Å²) >= 11 is 5.98. The smallest absolute Gasteiger partial charge is 0.410 e. The van der Waals surface area contributed by atoms with Gasteiger partial charge < -0.3 is 9.64 Å². The highest BCUT2D eigenvalue weighted by Crippen LogP contribution is 2.25. The molecule has 2 amide bonds. The van der Waals surface area contributed by atoms with E-state index in [4.69, 9.17) is 16.3 Å². The van der Waals surface area contributed by atoms with E-state index in [0.717, 1.165) is 12.8 Å². The van der Waals surface area contributed by atoms with Gasteiger partial charge in [0.25, 0.3) is 0 Å². The number of likely N-dealkylation sites (tertiary alicyclic amines) is 1. The molecule has 0 N–H and O–H groups in total. The van der Waals surface area contributed by atoms with Crippen molar-refractivity contribution in [1.82, 2.24) is 14.9 Å². The van der Waals surface area contributed by atoms with Gasteiger partial charge in [-0.2, -0.15) is 0 Å². The summed E-state index contributed by atoms with van der Waals surface area (Å²) in [7, 11) is 1.60. The van der Waals surface area contributed by atoms with Crippen molar-refractivity contribution in [2.24, 2.45) is 0 Å². The van der Waals surface area contributed by atoms with Crippen molar-refractivity contribution in [2.75, 3.05) is 18.5 Å². The molecule has 2 rings (SSSR count). The second-order valence-corrected chi connectivity index (χ2v) is 7.16. The monoisotopic (exact) mass is 354 g/mol. The molecule has 1 aromatic heterocycles. The van der Waals surface area contributed by atoms with Crippen molar-refractivity contribution in [3.05, 3.63) is 17.5 Å². The Labute approximate surface area is 147 Å². The minimum atomic E-state index is -0.557. The molecule has 1 aromatic rings. The Morgan fingerprint density at radius 2 is 2.04 bits per heavy atom. The molecule has 132 valence electrons. The normalized spacial score (nSPS) is 17.7. The molecule has 1 aliphatic heterocycles. The predicted octanol–water partition coefficient (Wildman–Crippen LogP) is 2.88. The quantitative estimate of drug-likeness (QED) is 0.834. The number of hydrogen-bond acceptors (Lipinski definition) is 5. The molecule has 0 aromatic carbocycles. The molecule has 1 fully saturated rings. The lowest BCUT2D eigenvalue weighted by atomic mass is 10.1. The van der Waals surface area contributed by atoms with Crippen molar-refractivity contribution in [3.8, 4) is 0 Å². The maximum atomic E-state index is 12.5. The Balaban J connectivity index is 2.02. The van der Waals surface area contributed by atoms with Gasteiger partial charge >= 0.3 is 6.09 Å². The predicted molar refractivity (Wildman–Crippen MR) is 91.0 cm³/mol. The van der Waals surface area contributed by atoms with Crippen LogP contribution in [0.25, 0.3) is 0 Å². The molecule has 24 heavy (non-hydrogen) atoms. The molecule has 0 bridgehead atoms. The fraction of sp³-hybridized carbons (Fsp3) is 0.625. The van der Waals surface area contributed by atoms with Gasteiger partial charge in [0, 0.05) is 38.4 Å². The van der Waals surface area contributed by atoms with Gasteiger partial charge in [-0.05, 0) is 33.6 Å². The fourth-order valence-electron chi connectivity index (χ4n) is 2.60. The van der Waals surface area contributed by atoms with Gasteiger partial charge in [0.1, 0.15) is 5.60 Å². The van der Waals surface area contributed by atoms with Gasteiger partial charge in [-0.15, -0.1) is 0 Å². The average molecular weight is 355 g/mol. The van der Waals surface area contributed by atoms with Crippen molar-refractivity contribution in [2.45, 2.75) is 51.7 Å². The van der Waals surface area contributed by atoms with Gasteiger partial charge in [-0.1, -0.05) is 11.6 Å². The minimum Gasteiger partial charge on any atom is -0.444 e. The number of carbonyl (C=O) groups is 2. The summed E-state index contributed by atoms with van der Waals surface area (Å²) in [6, 6.07) is -0.176. The summed E-state index contributed by atoms with van der Waals surface area (Å²) < 4.78 is 5.42. The van der Waals surface area contributed by atoms with Crippen LogP contribution in [0.3, 0.4) is 0 Å². The van der Waals surface area contributed by atoms with E-state index in [1.807, 2.05) is 20.8 Å². The highest BCUT2D eigenvalue weighted by Gasteiger charge is 2.34.